The maximum absolute atomic E-state index is 6.13. The number of benzene rings is 1. The van der Waals surface area contributed by atoms with Gasteiger partial charge in [-0.25, -0.2) is 0 Å². The van der Waals surface area contributed by atoms with E-state index in [-0.39, 0.29) is 6.04 Å². The molecule has 6 heteroatoms. The molecular formula is C14H16ClN3O2. The summed E-state index contributed by atoms with van der Waals surface area (Å²) in [5.74, 6) is 1.14. The van der Waals surface area contributed by atoms with E-state index in [1.54, 1.807) is 0 Å². The van der Waals surface area contributed by atoms with Crippen LogP contribution in [0.3, 0.4) is 0 Å². The van der Waals surface area contributed by atoms with Gasteiger partial charge in [-0.05, 0) is 18.6 Å². The van der Waals surface area contributed by atoms with E-state index in [9.17, 15) is 0 Å². The Morgan fingerprint density at radius 2 is 2.25 bits per heavy atom. The number of hydrogen-bond donors (Lipinski definition) is 1. The van der Waals surface area contributed by atoms with Gasteiger partial charge in [-0.3, -0.25) is 0 Å². The normalized spacial score (nSPS) is 26.1. The number of nitrogens with two attached hydrogens (primary N) is 1. The van der Waals surface area contributed by atoms with Gasteiger partial charge >= 0.3 is 0 Å². The van der Waals surface area contributed by atoms with Crippen LogP contribution in [0.4, 0.5) is 0 Å². The minimum atomic E-state index is -0.411. The van der Waals surface area contributed by atoms with Gasteiger partial charge in [0.25, 0.3) is 0 Å². The molecule has 5 nitrogen and oxygen atoms in total. The Morgan fingerprint density at radius 3 is 2.95 bits per heavy atom. The van der Waals surface area contributed by atoms with Crippen molar-refractivity contribution in [3.63, 3.8) is 0 Å². The quantitative estimate of drug-likeness (QED) is 0.936. The van der Waals surface area contributed by atoms with Crippen molar-refractivity contribution in [2.75, 3.05) is 13.2 Å². The molecular weight excluding hydrogens is 278 g/mol. The average molecular weight is 294 g/mol. The van der Waals surface area contributed by atoms with Crippen LogP contribution in [-0.2, 0) is 16.6 Å². The van der Waals surface area contributed by atoms with E-state index < -0.39 is 5.41 Å². The smallest absolute Gasteiger partial charge is 0.236 e. The Morgan fingerprint density at radius 1 is 1.45 bits per heavy atom. The van der Waals surface area contributed by atoms with Crippen LogP contribution in [0.15, 0.2) is 28.8 Å². The molecule has 20 heavy (non-hydrogen) atoms. The first kappa shape index (κ1) is 13.5. The van der Waals surface area contributed by atoms with Crippen LogP contribution in [-0.4, -0.2) is 29.4 Å². The van der Waals surface area contributed by atoms with Crippen LogP contribution in [0.5, 0.6) is 0 Å². The molecule has 1 aliphatic rings. The summed E-state index contributed by atoms with van der Waals surface area (Å²) in [5.41, 5.74) is 6.62. The largest absolute Gasteiger partial charge is 0.379 e. The highest BCUT2D eigenvalue weighted by atomic mass is 35.5. The summed E-state index contributed by atoms with van der Waals surface area (Å²) < 4.78 is 10.8. The highest BCUT2D eigenvalue weighted by molar-refractivity contribution is 6.31. The summed E-state index contributed by atoms with van der Waals surface area (Å²) in [6.07, 6.45) is 0.537. The minimum Gasteiger partial charge on any atom is -0.379 e. The molecule has 2 unspecified atom stereocenters. The van der Waals surface area contributed by atoms with Crippen molar-refractivity contribution in [2.45, 2.75) is 24.8 Å². The molecule has 1 fully saturated rings. The maximum atomic E-state index is 6.13. The third-order valence-electron chi connectivity index (χ3n) is 3.78. The summed E-state index contributed by atoms with van der Waals surface area (Å²) in [4.78, 5) is 4.45. The predicted octanol–water partition coefficient (Wildman–Crippen LogP) is 1.93. The fraction of sp³-hybridized carbons (Fsp3) is 0.429. The molecule has 0 amide bonds. The number of nitrogens with zero attached hydrogens (tertiary/aromatic N) is 2. The van der Waals surface area contributed by atoms with E-state index in [0.717, 1.165) is 5.56 Å². The second-order valence-electron chi connectivity index (χ2n) is 5.32. The lowest BCUT2D eigenvalue weighted by molar-refractivity contribution is 0.169. The standard InChI is InChI=1S/C14H16ClN3O2/c1-14(8-19-7-11(14)16)13-17-12(18-20-13)6-9-4-2-3-5-10(9)15/h2-5,11H,6-8,16H2,1H3. The summed E-state index contributed by atoms with van der Waals surface area (Å²) in [7, 11) is 0. The van der Waals surface area contributed by atoms with Gasteiger partial charge in [-0.15, -0.1) is 0 Å². The number of halogens is 1. The lowest BCUT2D eigenvalue weighted by Gasteiger charge is -2.21. The zero-order valence-corrected chi connectivity index (χ0v) is 11.9. The lowest BCUT2D eigenvalue weighted by atomic mass is 9.86. The molecule has 0 aliphatic carbocycles. The van der Waals surface area contributed by atoms with Gasteiger partial charge in [0.15, 0.2) is 5.82 Å². The van der Waals surface area contributed by atoms with Crippen molar-refractivity contribution in [1.82, 2.24) is 10.1 Å². The number of hydrogen-bond acceptors (Lipinski definition) is 5. The Balaban J connectivity index is 1.83. The van der Waals surface area contributed by atoms with E-state index in [1.807, 2.05) is 31.2 Å². The van der Waals surface area contributed by atoms with E-state index in [0.29, 0.717) is 36.4 Å². The van der Waals surface area contributed by atoms with Gasteiger partial charge in [0, 0.05) is 17.5 Å². The van der Waals surface area contributed by atoms with Crippen LogP contribution in [0.25, 0.3) is 0 Å². The van der Waals surface area contributed by atoms with Crippen LogP contribution in [0, 0.1) is 0 Å². The van der Waals surface area contributed by atoms with Crippen LogP contribution in [0.1, 0.15) is 24.2 Å². The van der Waals surface area contributed by atoms with Gasteiger partial charge < -0.3 is 15.0 Å². The van der Waals surface area contributed by atoms with Crippen molar-refractivity contribution in [2.24, 2.45) is 5.73 Å². The van der Waals surface area contributed by atoms with Crippen molar-refractivity contribution in [3.05, 3.63) is 46.6 Å². The first-order chi connectivity index (χ1) is 9.59. The van der Waals surface area contributed by atoms with Crippen LogP contribution < -0.4 is 5.73 Å². The molecule has 0 bridgehead atoms. The van der Waals surface area contributed by atoms with Gasteiger partial charge in [0.05, 0.1) is 18.6 Å². The van der Waals surface area contributed by atoms with Crippen molar-refractivity contribution >= 4 is 11.6 Å². The molecule has 1 aromatic heterocycles. The third-order valence-corrected chi connectivity index (χ3v) is 4.15. The van der Waals surface area contributed by atoms with Gasteiger partial charge in [0.2, 0.25) is 5.89 Å². The predicted molar refractivity (Wildman–Crippen MR) is 74.7 cm³/mol. The monoisotopic (exact) mass is 293 g/mol. The molecule has 1 aromatic carbocycles. The zero-order chi connectivity index (χ0) is 14.2. The van der Waals surface area contributed by atoms with Crippen molar-refractivity contribution in [1.29, 1.82) is 0 Å². The molecule has 2 heterocycles. The van der Waals surface area contributed by atoms with Crippen LogP contribution in [0.2, 0.25) is 5.02 Å². The Hall–Kier alpha value is -1.43. The fourth-order valence-corrected chi connectivity index (χ4v) is 2.48. The summed E-state index contributed by atoms with van der Waals surface area (Å²) >= 11 is 6.13. The molecule has 1 saturated heterocycles. The third kappa shape index (κ3) is 2.32. The molecule has 2 N–H and O–H groups in total. The Bertz CT molecular complexity index is 616. The van der Waals surface area contributed by atoms with Crippen LogP contribution >= 0.6 is 11.6 Å². The number of aromatic nitrogens is 2. The Labute approximate surface area is 122 Å². The molecule has 0 radical (unpaired) electrons. The van der Waals surface area contributed by atoms with E-state index >= 15 is 0 Å². The highest BCUT2D eigenvalue weighted by Crippen LogP contribution is 2.31. The summed E-state index contributed by atoms with van der Waals surface area (Å²) in [6, 6.07) is 7.49. The van der Waals surface area contributed by atoms with E-state index in [1.165, 1.54) is 0 Å². The first-order valence-electron chi connectivity index (χ1n) is 6.49. The topological polar surface area (TPSA) is 74.2 Å². The second-order valence-corrected chi connectivity index (χ2v) is 5.73. The molecule has 106 valence electrons. The Kier molecular flexibility index (Phi) is 3.50. The molecule has 2 atom stereocenters. The second kappa shape index (κ2) is 5.16. The highest BCUT2D eigenvalue weighted by Gasteiger charge is 2.44. The number of rotatable bonds is 3. The van der Waals surface area contributed by atoms with Gasteiger partial charge in [0.1, 0.15) is 0 Å². The van der Waals surface area contributed by atoms with Crippen molar-refractivity contribution in [3.8, 4) is 0 Å². The molecule has 0 saturated carbocycles. The number of ether oxygens (including phenoxy) is 1. The van der Waals surface area contributed by atoms with Gasteiger partial charge in [-0.2, -0.15) is 4.98 Å². The zero-order valence-electron chi connectivity index (χ0n) is 11.2. The minimum absolute atomic E-state index is 0.129. The first-order valence-corrected chi connectivity index (χ1v) is 6.87. The SMILES string of the molecule is CC1(c2nc(Cc3ccccc3Cl)no2)COCC1N. The summed E-state index contributed by atoms with van der Waals surface area (Å²) in [5, 5.41) is 4.72. The van der Waals surface area contributed by atoms with E-state index in [4.69, 9.17) is 26.6 Å². The summed E-state index contributed by atoms with van der Waals surface area (Å²) in [6.45, 7) is 3.00. The lowest BCUT2D eigenvalue weighted by Crippen LogP contribution is -2.42. The van der Waals surface area contributed by atoms with E-state index in [2.05, 4.69) is 10.1 Å². The molecule has 3 rings (SSSR count). The molecule has 2 aromatic rings. The fourth-order valence-electron chi connectivity index (χ4n) is 2.28. The van der Waals surface area contributed by atoms with Crippen molar-refractivity contribution < 1.29 is 9.26 Å². The maximum Gasteiger partial charge on any atom is 0.236 e. The molecule has 1 aliphatic heterocycles. The molecule has 0 spiro atoms. The average Bonchev–Trinajstić information content (AvgIpc) is 3.02. The van der Waals surface area contributed by atoms with Gasteiger partial charge in [-0.1, -0.05) is 35.0 Å².